The molecule has 136 valence electrons. The first-order valence-corrected chi connectivity index (χ1v) is 8.80. The lowest BCUT2D eigenvalue weighted by molar-refractivity contribution is -0.137. The van der Waals surface area contributed by atoms with E-state index in [9.17, 15) is 21.6 Å². The third-order valence-electron chi connectivity index (χ3n) is 3.60. The molecule has 1 heterocycles. The van der Waals surface area contributed by atoms with Crippen molar-refractivity contribution in [3.63, 3.8) is 0 Å². The van der Waals surface area contributed by atoms with Crippen molar-refractivity contribution in [2.45, 2.75) is 11.1 Å². The first-order valence-electron chi connectivity index (χ1n) is 7.32. The summed E-state index contributed by atoms with van der Waals surface area (Å²) in [6, 6.07) is 9.97. The number of aryl methyl sites for hydroxylation is 1. The minimum atomic E-state index is -4.64. The summed E-state index contributed by atoms with van der Waals surface area (Å²) in [6.45, 7) is 0. The average molecular weight is 382 g/mol. The van der Waals surface area contributed by atoms with E-state index in [0.29, 0.717) is 17.5 Å². The Bertz CT molecular complexity index is 1050. The van der Waals surface area contributed by atoms with E-state index in [1.807, 2.05) is 0 Å². The maximum absolute atomic E-state index is 12.8. The zero-order valence-corrected chi connectivity index (χ0v) is 14.2. The average Bonchev–Trinajstić information content (AvgIpc) is 3.00. The van der Waals surface area contributed by atoms with Gasteiger partial charge in [0.1, 0.15) is 6.33 Å². The van der Waals surface area contributed by atoms with Crippen molar-refractivity contribution in [2.75, 3.05) is 4.72 Å². The van der Waals surface area contributed by atoms with Gasteiger partial charge in [-0.1, -0.05) is 18.2 Å². The molecule has 0 aliphatic heterocycles. The number of benzene rings is 2. The van der Waals surface area contributed by atoms with Crippen LogP contribution in [0.4, 0.5) is 18.9 Å². The van der Waals surface area contributed by atoms with Crippen LogP contribution in [0.25, 0.3) is 11.4 Å². The number of nitrogens with one attached hydrogen (secondary N) is 1. The van der Waals surface area contributed by atoms with Crippen molar-refractivity contribution in [3.8, 4) is 11.4 Å². The van der Waals surface area contributed by atoms with Gasteiger partial charge in [0.15, 0.2) is 5.82 Å². The first kappa shape index (κ1) is 17.9. The molecule has 0 bridgehead atoms. The highest BCUT2D eigenvalue weighted by atomic mass is 32.2. The fraction of sp³-hybridized carbons (Fsp3) is 0.125. The van der Waals surface area contributed by atoms with Crippen LogP contribution in [0.3, 0.4) is 0 Å². The number of rotatable bonds is 4. The Kier molecular flexibility index (Phi) is 4.45. The number of anilines is 1. The van der Waals surface area contributed by atoms with E-state index in [1.54, 1.807) is 29.8 Å². The number of sulfonamides is 1. The van der Waals surface area contributed by atoms with E-state index >= 15 is 0 Å². The molecule has 2 aromatic carbocycles. The molecular formula is C16H13F3N4O2S. The molecule has 0 saturated carbocycles. The number of para-hydroxylation sites is 1. The zero-order chi connectivity index (χ0) is 18.9. The van der Waals surface area contributed by atoms with E-state index < -0.39 is 26.7 Å². The lowest BCUT2D eigenvalue weighted by atomic mass is 10.2. The highest BCUT2D eigenvalue weighted by Crippen LogP contribution is 2.32. The van der Waals surface area contributed by atoms with Crippen LogP contribution in [0.2, 0.25) is 0 Å². The fourth-order valence-electron chi connectivity index (χ4n) is 2.34. The van der Waals surface area contributed by atoms with Crippen LogP contribution in [0.1, 0.15) is 5.56 Å². The van der Waals surface area contributed by atoms with Crippen molar-refractivity contribution in [1.82, 2.24) is 14.8 Å². The highest BCUT2D eigenvalue weighted by Gasteiger charge is 2.31. The second-order valence-corrected chi connectivity index (χ2v) is 7.12. The van der Waals surface area contributed by atoms with Crippen LogP contribution in [0.5, 0.6) is 0 Å². The lowest BCUT2D eigenvalue weighted by Crippen LogP contribution is -2.15. The molecule has 0 atom stereocenters. The van der Waals surface area contributed by atoms with E-state index in [-0.39, 0.29) is 5.69 Å². The van der Waals surface area contributed by atoms with Crippen molar-refractivity contribution in [3.05, 3.63) is 60.4 Å². The van der Waals surface area contributed by atoms with Gasteiger partial charge in [0.2, 0.25) is 0 Å². The topological polar surface area (TPSA) is 76.9 Å². The Hall–Kier alpha value is -2.88. The summed E-state index contributed by atoms with van der Waals surface area (Å²) >= 11 is 0. The van der Waals surface area contributed by atoms with Gasteiger partial charge >= 0.3 is 6.18 Å². The quantitative estimate of drug-likeness (QED) is 0.751. The molecule has 0 radical (unpaired) electrons. The summed E-state index contributed by atoms with van der Waals surface area (Å²) < 4.78 is 67.6. The van der Waals surface area contributed by atoms with E-state index in [4.69, 9.17) is 0 Å². The van der Waals surface area contributed by atoms with Gasteiger partial charge in [-0.25, -0.2) is 8.42 Å². The van der Waals surface area contributed by atoms with Crippen LogP contribution >= 0.6 is 0 Å². The summed E-state index contributed by atoms with van der Waals surface area (Å²) in [6.07, 6.45) is -3.19. The van der Waals surface area contributed by atoms with Gasteiger partial charge in [0.25, 0.3) is 10.0 Å². The SMILES string of the molecule is Cn1cnnc1-c1ccccc1NS(=O)(=O)c1cccc(C(F)(F)F)c1. The molecule has 3 aromatic rings. The first-order chi connectivity index (χ1) is 12.2. The summed E-state index contributed by atoms with van der Waals surface area (Å²) in [4.78, 5) is -0.486. The minimum absolute atomic E-state index is 0.181. The maximum Gasteiger partial charge on any atom is 0.416 e. The molecule has 0 aliphatic rings. The van der Waals surface area contributed by atoms with Crippen molar-refractivity contribution >= 4 is 15.7 Å². The molecule has 0 saturated heterocycles. The largest absolute Gasteiger partial charge is 0.416 e. The number of halogens is 3. The summed E-state index contributed by atoms with van der Waals surface area (Å²) in [5.74, 6) is 0.410. The van der Waals surface area contributed by atoms with Gasteiger partial charge in [-0.05, 0) is 30.3 Å². The summed E-state index contributed by atoms with van der Waals surface area (Å²) in [5, 5.41) is 7.67. The fourth-order valence-corrected chi connectivity index (χ4v) is 3.46. The van der Waals surface area contributed by atoms with Gasteiger partial charge < -0.3 is 4.57 Å². The molecule has 6 nitrogen and oxygen atoms in total. The normalized spacial score (nSPS) is 12.2. The van der Waals surface area contributed by atoms with E-state index in [0.717, 1.165) is 18.2 Å². The summed E-state index contributed by atoms with van der Waals surface area (Å²) in [5.41, 5.74) is -0.411. The van der Waals surface area contributed by atoms with Gasteiger partial charge in [0.05, 0.1) is 16.1 Å². The van der Waals surface area contributed by atoms with Crippen molar-refractivity contribution in [2.24, 2.45) is 7.05 Å². The molecule has 0 spiro atoms. The third-order valence-corrected chi connectivity index (χ3v) is 4.96. The van der Waals surface area contributed by atoms with Crippen LogP contribution < -0.4 is 4.72 Å². The molecule has 26 heavy (non-hydrogen) atoms. The predicted octanol–water partition coefficient (Wildman–Crippen LogP) is 3.30. The number of aromatic nitrogens is 3. The molecule has 10 heteroatoms. The van der Waals surface area contributed by atoms with Gasteiger partial charge in [0, 0.05) is 12.6 Å². The Morgan fingerprint density at radius 3 is 2.46 bits per heavy atom. The Balaban J connectivity index is 2.01. The maximum atomic E-state index is 12.8. The highest BCUT2D eigenvalue weighted by molar-refractivity contribution is 7.92. The molecule has 0 fully saturated rings. The molecular weight excluding hydrogens is 369 g/mol. The number of alkyl halides is 3. The molecule has 0 aliphatic carbocycles. The molecule has 0 unspecified atom stereocenters. The number of nitrogens with zero attached hydrogens (tertiary/aromatic N) is 3. The summed E-state index contributed by atoms with van der Waals surface area (Å²) in [7, 11) is -2.54. The predicted molar refractivity (Wildman–Crippen MR) is 88.7 cm³/mol. The second-order valence-electron chi connectivity index (χ2n) is 5.44. The molecule has 0 amide bonds. The molecule has 1 aromatic heterocycles. The number of hydrogen-bond acceptors (Lipinski definition) is 4. The molecule has 1 N–H and O–H groups in total. The molecule has 3 rings (SSSR count). The van der Waals surface area contributed by atoms with Crippen LogP contribution in [0.15, 0.2) is 59.8 Å². The second kappa shape index (κ2) is 6.45. The Labute approximate surface area is 147 Å². The zero-order valence-electron chi connectivity index (χ0n) is 13.4. The minimum Gasteiger partial charge on any atom is -0.317 e. The van der Waals surface area contributed by atoms with Crippen molar-refractivity contribution < 1.29 is 21.6 Å². The van der Waals surface area contributed by atoms with Crippen molar-refractivity contribution in [1.29, 1.82) is 0 Å². The lowest BCUT2D eigenvalue weighted by Gasteiger charge is -2.13. The van der Waals surface area contributed by atoms with Gasteiger partial charge in [-0.3, -0.25) is 4.72 Å². The smallest absolute Gasteiger partial charge is 0.317 e. The Morgan fingerprint density at radius 2 is 1.81 bits per heavy atom. The van der Waals surface area contributed by atoms with Gasteiger partial charge in [-0.2, -0.15) is 13.2 Å². The van der Waals surface area contributed by atoms with E-state index in [1.165, 1.54) is 12.4 Å². The van der Waals surface area contributed by atoms with Crippen LogP contribution in [-0.2, 0) is 23.2 Å². The van der Waals surface area contributed by atoms with Crippen LogP contribution in [-0.4, -0.2) is 23.2 Å². The monoisotopic (exact) mass is 382 g/mol. The van der Waals surface area contributed by atoms with E-state index in [2.05, 4.69) is 14.9 Å². The van der Waals surface area contributed by atoms with Gasteiger partial charge in [-0.15, -0.1) is 10.2 Å². The number of hydrogen-bond donors (Lipinski definition) is 1. The van der Waals surface area contributed by atoms with Crippen LogP contribution in [0, 0.1) is 0 Å². The Morgan fingerprint density at radius 1 is 1.08 bits per heavy atom. The standard InChI is InChI=1S/C16H13F3N4O2S/c1-23-10-20-21-15(23)13-7-2-3-8-14(13)22-26(24,25)12-6-4-5-11(9-12)16(17,18)19/h2-10,22H,1H3. The third kappa shape index (κ3) is 3.54.